The van der Waals surface area contributed by atoms with Crippen LogP contribution in [-0.2, 0) is 9.47 Å². The smallest absolute Gasteiger partial charge is 0.410 e. The number of piperazine rings is 2. The Morgan fingerprint density at radius 2 is 1.06 bits per heavy atom. The molecule has 0 aliphatic carbocycles. The Labute approximate surface area is 495 Å². The van der Waals surface area contributed by atoms with Gasteiger partial charge in [-0.05, 0) is 118 Å². The van der Waals surface area contributed by atoms with Gasteiger partial charge in [0.15, 0.2) is 11.3 Å². The molecule has 25 heteroatoms. The van der Waals surface area contributed by atoms with E-state index in [1.54, 1.807) is 34.3 Å². The summed E-state index contributed by atoms with van der Waals surface area (Å²) in [5, 5.41) is 5.06. The zero-order valence-electron chi connectivity index (χ0n) is 47.3. The van der Waals surface area contributed by atoms with Crippen LogP contribution in [0.5, 0.6) is 0 Å². The van der Waals surface area contributed by atoms with Crippen LogP contribution in [0.1, 0.15) is 120 Å². The summed E-state index contributed by atoms with van der Waals surface area (Å²) in [4.78, 5) is 85.0. The molecule has 79 heavy (non-hydrogen) atoms. The van der Waals surface area contributed by atoms with E-state index >= 15 is 0 Å². The molecule has 0 unspecified atom stereocenters. The van der Waals surface area contributed by atoms with Gasteiger partial charge in [-0.2, -0.15) is 9.97 Å². The number of nitrogens with one attached hydrogen (secondary N) is 1. The number of aromatic nitrogens is 8. The van der Waals surface area contributed by atoms with Crippen molar-refractivity contribution in [2.24, 2.45) is 0 Å². The van der Waals surface area contributed by atoms with Crippen LogP contribution in [0.15, 0.2) is 56.0 Å². The molecule has 0 bridgehead atoms. The van der Waals surface area contributed by atoms with Crippen molar-refractivity contribution in [2.75, 3.05) is 43.6 Å². The van der Waals surface area contributed by atoms with Gasteiger partial charge in [-0.25, -0.2) is 38.3 Å². The fourth-order valence-corrected chi connectivity index (χ4v) is 10.8. The summed E-state index contributed by atoms with van der Waals surface area (Å²) in [6.07, 6.45) is 6.76. The second-order valence-corrected chi connectivity index (χ2v) is 25.5. The van der Waals surface area contributed by atoms with Crippen LogP contribution in [0.2, 0.25) is 25.5 Å². The number of hydrogen-bond acceptors (Lipinski definition) is 16. The van der Waals surface area contributed by atoms with Crippen LogP contribution < -0.4 is 21.6 Å². The van der Waals surface area contributed by atoms with Gasteiger partial charge in [-0.15, -0.1) is 23.5 Å². The first kappa shape index (κ1) is 63.5. The first-order chi connectivity index (χ1) is 36.9. The van der Waals surface area contributed by atoms with Crippen molar-refractivity contribution in [1.82, 2.24) is 54.2 Å². The Morgan fingerprint density at radius 3 is 1.52 bits per heavy atom. The molecule has 2 aliphatic rings. The van der Waals surface area contributed by atoms with Crippen LogP contribution in [0.25, 0.3) is 33.4 Å². The highest BCUT2D eigenvalue weighted by atomic mass is 35.5. The number of hydrogen-bond donors (Lipinski definition) is 1. The van der Waals surface area contributed by atoms with Gasteiger partial charge in [0.2, 0.25) is 0 Å². The van der Waals surface area contributed by atoms with E-state index in [1.165, 1.54) is 32.7 Å². The Hall–Kier alpha value is -4.67. The van der Waals surface area contributed by atoms with Crippen molar-refractivity contribution in [3.8, 4) is 11.4 Å². The number of pyridine rings is 4. The van der Waals surface area contributed by atoms with Crippen LogP contribution in [0, 0.1) is 0 Å². The molecule has 0 radical (unpaired) electrons. The molecule has 1 N–H and O–H groups in total. The maximum Gasteiger partial charge on any atom is 0.410 e. The number of carbonyl (C=O) groups is 2. The van der Waals surface area contributed by atoms with Crippen LogP contribution in [0.4, 0.5) is 15.4 Å². The van der Waals surface area contributed by atoms with Crippen molar-refractivity contribution in [1.29, 1.82) is 0 Å². The van der Waals surface area contributed by atoms with E-state index in [2.05, 4.69) is 42.1 Å². The minimum Gasteiger partial charge on any atom is -0.444 e. The largest absolute Gasteiger partial charge is 0.444 e. The van der Waals surface area contributed by atoms with Crippen molar-refractivity contribution in [3.63, 3.8) is 0 Å². The molecule has 8 rings (SSSR count). The zero-order valence-corrected chi connectivity index (χ0v) is 52.7. The molecule has 2 aliphatic heterocycles. The van der Waals surface area contributed by atoms with Gasteiger partial charge in [0, 0.05) is 72.5 Å². The van der Waals surface area contributed by atoms with Crippen LogP contribution >= 0.6 is 81.5 Å². The average Bonchev–Trinajstić information content (AvgIpc) is 3.50. The number of ether oxygens (including phenoxy) is 2. The molecule has 0 spiro atoms. The van der Waals surface area contributed by atoms with Gasteiger partial charge in [0.25, 0.3) is 0 Å². The third-order valence-electron chi connectivity index (χ3n) is 12.6. The van der Waals surface area contributed by atoms with Gasteiger partial charge >= 0.3 is 23.6 Å². The number of carbonyl (C=O) groups excluding carboxylic acids is 2. The zero-order chi connectivity index (χ0) is 58.7. The molecule has 8 heterocycles. The SMILES string of the molecule is CSc1ccnc(C(C)C)c1-n1c(=O)nc(Cl)c2cc(Cl)c(Cl)nc21.CSc1ccnc(C(C)C)c1-n1c(=O)nc(N2C[C@@H](C)N(C(=O)OC(C)(C)C)C[C@@H]2C)c2cc(Cl)c(Cl)nc21.C[C@@H]1CN[C@@H](C)CN1C(=O)OC(C)(C)C. The fourth-order valence-electron chi connectivity index (χ4n) is 8.89. The lowest BCUT2D eigenvalue weighted by molar-refractivity contribution is 0.0101. The van der Waals surface area contributed by atoms with E-state index in [9.17, 15) is 19.2 Å². The van der Waals surface area contributed by atoms with Crippen molar-refractivity contribution in [3.05, 3.63) is 94.5 Å². The summed E-state index contributed by atoms with van der Waals surface area (Å²) in [7, 11) is 0. The third-order valence-corrected chi connectivity index (χ3v) is 15.8. The molecular weight excluding hydrogens is 1150 g/mol. The molecule has 4 atom stereocenters. The highest BCUT2D eigenvalue weighted by Crippen LogP contribution is 2.37. The normalized spacial score (nSPS) is 17.9. The summed E-state index contributed by atoms with van der Waals surface area (Å²) in [6, 6.07) is 7.16. The summed E-state index contributed by atoms with van der Waals surface area (Å²) in [6.45, 7) is 29.7. The van der Waals surface area contributed by atoms with Crippen molar-refractivity contribution < 1.29 is 19.1 Å². The summed E-state index contributed by atoms with van der Waals surface area (Å²) in [5.74, 6) is 0.571. The average molecular weight is 1220 g/mol. The van der Waals surface area contributed by atoms with Gasteiger partial charge in [-0.1, -0.05) is 85.7 Å². The van der Waals surface area contributed by atoms with Gasteiger partial charge in [0.05, 0.1) is 43.6 Å². The lowest BCUT2D eigenvalue weighted by Crippen LogP contribution is -2.59. The summed E-state index contributed by atoms with van der Waals surface area (Å²) >= 11 is 34.1. The van der Waals surface area contributed by atoms with E-state index < -0.39 is 22.6 Å². The first-order valence-electron chi connectivity index (χ1n) is 25.7. The van der Waals surface area contributed by atoms with E-state index in [0.717, 1.165) is 34.3 Å². The predicted molar refractivity (Wildman–Crippen MR) is 322 cm³/mol. The molecule has 0 aromatic carbocycles. The van der Waals surface area contributed by atoms with Crippen molar-refractivity contribution >= 4 is 122 Å². The Balaban J connectivity index is 0.000000214. The third kappa shape index (κ3) is 14.9. The topological polar surface area (TPSA) is 196 Å². The molecule has 2 saturated heterocycles. The maximum atomic E-state index is 13.8. The monoisotopic (exact) mass is 1220 g/mol. The van der Waals surface area contributed by atoms with E-state index in [0.29, 0.717) is 58.4 Å². The number of fused-ring (bicyclic) bond motifs is 2. The highest BCUT2D eigenvalue weighted by molar-refractivity contribution is 7.99. The molecule has 2 amide bonds. The summed E-state index contributed by atoms with van der Waals surface area (Å²) < 4.78 is 13.9. The molecule has 428 valence electrons. The number of anilines is 1. The van der Waals surface area contributed by atoms with E-state index in [4.69, 9.17) is 67.5 Å². The molecule has 18 nitrogen and oxygen atoms in total. The second kappa shape index (κ2) is 26.1. The summed E-state index contributed by atoms with van der Waals surface area (Å²) in [5.41, 5.74) is 1.36. The maximum absolute atomic E-state index is 13.8. The standard InChI is InChI=1S/C27H34Cl2N6O3S.C16H13Cl3N4OS.C11H22N2O2/c1-14(2)20-21(19(39-8)9-10-30-20)35-24-17(11-18(28)22(29)31-24)23(32-25(35)36)33-12-16(4)34(13-15(33)3)26(37)38-27(5,6)7;1-7(2)11-12(10(25-3)4-5-20-11)23-15-8(13(18)22-16(23)24)6-9(17)14(19)21-15;1-8-7-13(9(2)6-12-8)10(14)15-11(3,4)5/h9-11,14-16H,12-13H2,1-8H3;4-7H,1-3H3;8-9,12H,6-7H2,1-5H3/t15-,16+;;8-,9+/m0.0/s1. The Kier molecular flexibility index (Phi) is 21.0. The highest BCUT2D eigenvalue weighted by Gasteiger charge is 2.37. The number of amides is 2. The lowest BCUT2D eigenvalue weighted by Gasteiger charge is -2.44. The fraction of sp³-hybridized carbons (Fsp3) is 0.519. The number of thioether (sulfide) groups is 2. The van der Waals surface area contributed by atoms with E-state index in [1.807, 2.05) is 120 Å². The Morgan fingerprint density at radius 1 is 0.620 bits per heavy atom. The quantitative estimate of drug-likeness (QED) is 0.0899. The minimum absolute atomic E-state index is 0.0306. The number of halogens is 5. The number of nitrogens with zero attached hydrogens (tertiary/aromatic N) is 11. The van der Waals surface area contributed by atoms with Gasteiger partial charge < -0.3 is 29.5 Å². The first-order valence-corrected chi connectivity index (χ1v) is 30.0. The lowest BCUT2D eigenvalue weighted by atomic mass is 10.1. The predicted octanol–water partition coefficient (Wildman–Crippen LogP) is 12.7. The van der Waals surface area contributed by atoms with Crippen LogP contribution in [-0.4, -0.2) is 135 Å². The van der Waals surface area contributed by atoms with E-state index in [-0.39, 0.29) is 67.7 Å². The minimum atomic E-state index is -0.599. The van der Waals surface area contributed by atoms with Gasteiger partial charge in [0.1, 0.15) is 32.5 Å². The van der Waals surface area contributed by atoms with Gasteiger partial charge in [-0.3, -0.25) is 9.97 Å². The van der Waals surface area contributed by atoms with Crippen LogP contribution in [0.3, 0.4) is 0 Å². The number of rotatable bonds is 7. The molecular formula is C54H69Cl5N12O6S2. The molecule has 2 fully saturated rings. The second-order valence-electron chi connectivity index (χ2n) is 21.9. The van der Waals surface area contributed by atoms with Crippen molar-refractivity contribution in [2.45, 2.75) is 154 Å². The molecule has 0 saturated carbocycles. The Bertz CT molecular complexity index is 3350. The molecule has 6 aromatic rings. The molecule has 6 aromatic heterocycles.